The van der Waals surface area contributed by atoms with E-state index >= 15 is 0 Å². The number of amidine groups is 1. The summed E-state index contributed by atoms with van der Waals surface area (Å²) in [5, 5.41) is 2.54. The summed E-state index contributed by atoms with van der Waals surface area (Å²) in [6, 6.07) is 3.89. The smallest absolute Gasteiger partial charge is 0.159 e. The number of nitrogens with zero attached hydrogens (tertiary/aromatic N) is 4. The van der Waals surface area contributed by atoms with Crippen LogP contribution in [0.5, 0.6) is 0 Å². The van der Waals surface area contributed by atoms with Crippen molar-refractivity contribution in [3.8, 4) is 0 Å². The van der Waals surface area contributed by atoms with Crippen molar-refractivity contribution in [1.82, 2.24) is 9.88 Å². The van der Waals surface area contributed by atoms with E-state index in [9.17, 15) is 0 Å². The summed E-state index contributed by atoms with van der Waals surface area (Å²) in [6.45, 7) is 7.20. The van der Waals surface area contributed by atoms with E-state index in [-0.39, 0.29) is 0 Å². The fourth-order valence-electron chi connectivity index (χ4n) is 2.32. The lowest BCUT2D eigenvalue weighted by atomic mass is 10.3. The van der Waals surface area contributed by atoms with Gasteiger partial charge in [0.05, 0.1) is 11.6 Å². The highest BCUT2D eigenvalue weighted by molar-refractivity contribution is 8.14. The molecule has 4 nitrogen and oxygen atoms in total. The first-order valence-corrected chi connectivity index (χ1v) is 7.81. The Labute approximate surface area is 122 Å². The minimum absolute atomic E-state index is 0.631. The fraction of sp³-hybridized carbons (Fsp3) is 0.538. The van der Waals surface area contributed by atoms with Crippen molar-refractivity contribution in [1.29, 1.82) is 0 Å². The zero-order chi connectivity index (χ0) is 13.2. The van der Waals surface area contributed by atoms with Crippen molar-refractivity contribution in [2.75, 3.05) is 37.6 Å². The molecular formula is C13H17ClN4S. The zero-order valence-corrected chi connectivity index (χ0v) is 12.5. The van der Waals surface area contributed by atoms with Gasteiger partial charge in [0, 0.05) is 37.6 Å². The van der Waals surface area contributed by atoms with E-state index in [1.807, 2.05) is 23.9 Å². The minimum atomic E-state index is 0.631. The molecule has 0 radical (unpaired) electrons. The second-order valence-corrected chi connectivity index (χ2v) is 6.70. The molecule has 102 valence electrons. The molecule has 1 aromatic heterocycles. The summed E-state index contributed by atoms with van der Waals surface area (Å²) in [6.07, 6.45) is 1.71. The van der Waals surface area contributed by atoms with Crippen LogP contribution in [0.25, 0.3) is 0 Å². The molecule has 3 heterocycles. The quantitative estimate of drug-likeness (QED) is 0.796. The Kier molecular flexibility index (Phi) is 3.84. The first kappa shape index (κ1) is 13.1. The van der Waals surface area contributed by atoms with Crippen LogP contribution in [0.2, 0.25) is 5.02 Å². The molecule has 1 saturated heterocycles. The Bertz CT molecular complexity index is 468. The van der Waals surface area contributed by atoms with E-state index in [1.54, 1.807) is 6.20 Å². The molecule has 0 aliphatic carbocycles. The van der Waals surface area contributed by atoms with Crippen LogP contribution in [0, 0.1) is 0 Å². The van der Waals surface area contributed by atoms with Gasteiger partial charge in [-0.25, -0.2) is 4.98 Å². The molecule has 2 aliphatic heterocycles. The highest BCUT2D eigenvalue weighted by atomic mass is 35.5. The number of pyridine rings is 1. The van der Waals surface area contributed by atoms with Crippen LogP contribution < -0.4 is 4.90 Å². The third-order valence-corrected chi connectivity index (χ3v) is 4.75. The van der Waals surface area contributed by atoms with Gasteiger partial charge < -0.3 is 9.80 Å². The molecule has 1 unspecified atom stereocenters. The van der Waals surface area contributed by atoms with E-state index in [4.69, 9.17) is 11.6 Å². The summed E-state index contributed by atoms with van der Waals surface area (Å²) < 4.78 is 0. The zero-order valence-electron chi connectivity index (χ0n) is 10.9. The fourth-order valence-corrected chi connectivity index (χ4v) is 3.42. The molecule has 0 bridgehead atoms. The number of rotatable bonds is 1. The van der Waals surface area contributed by atoms with E-state index in [0.717, 1.165) is 38.5 Å². The number of hydrogen-bond donors (Lipinski definition) is 0. The maximum absolute atomic E-state index is 5.87. The predicted molar refractivity (Wildman–Crippen MR) is 82.4 cm³/mol. The van der Waals surface area contributed by atoms with E-state index in [2.05, 4.69) is 26.7 Å². The number of aliphatic imine (C=N–C) groups is 1. The number of anilines is 1. The molecule has 1 aromatic rings. The Morgan fingerprint density at radius 1 is 1.21 bits per heavy atom. The van der Waals surface area contributed by atoms with Crippen molar-refractivity contribution in [3.63, 3.8) is 0 Å². The molecule has 1 atom stereocenters. The van der Waals surface area contributed by atoms with Gasteiger partial charge in [-0.05, 0) is 12.1 Å². The second-order valence-electron chi connectivity index (χ2n) is 4.86. The summed E-state index contributed by atoms with van der Waals surface area (Å²) >= 11 is 7.76. The van der Waals surface area contributed by atoms with Gasteiger partial charge in [-0.1, -0.05) is 30.3 Å². The van der Waals surface area contributed by atoms with Crippen LogP contribution in [-0.4, -0.2) is 53.0 Å². The molecule has 0 aromatic carbocycles. The highest BCUT2D eigenvalue weighted by Gasteiger charge is 2.24. The topological polar surface area (TPSA) is 31.7 Å². The molecule has 0 spiro atoms. The van der Waals surface area contributed by atoms with Crippen LogP contribution in [0.1, 0.15) is 6.92 Å². The van der Waals surface area contributed by atoms with Gasteiger partial charge in [0.15, 0.2) is 5.17 Å². The Hall–Kier alpha value is -0.940. The average molecular weight is 297 g/mol. The van der Waals surface area contributed by atoms with Gasteiger partial charge in [-0.15, -0.1) is 0 Å². The van der Waals surface area contributed by atoms with Gasteiger partial charge in [0.2, 0.25) is 0 Å². The largest absolute Gasteiger partial charge is 0.353 e. The van der Waals surface area contributed by atoms with E-state index < -0.39 is 0 Å². The molecule has 0 N–H and O–H groups in total. The SMILES string of the molecule is CC1CN=C(N2CCN(c3ccc(Cl)cn3)CC2)S1. The Morgan fingerprint density at radius 3 is 2.53 bits per heavy atom. The van der Waals surface area contributed by atoms with Gasteiger partial charge in [-0.2, -0.15) is 0 Å². The van der Waals surface area contributed by atoms with Crippen LogP contribution in [-0.2, 0) is 0 Å². The Morgan fingerprint density at radius 2 is 1.95 bits per heavy atom. The van der Waals surface area contributed by atoms with Crippen LogP contribution >= 0.6 is 23.4 Å². The first-order chi connectivity index (χ1) is 9.22. The van der Waals surface area contributed by atoms with E-state index in [0.29, 0.717) is 10.3 Å². The minimum Gasteiger partial charge on any atom is -0.353 e. The third kappa shape index (κ3) is 2.98. The van der Waals surface area contributed by atoms with Gasteiger partial charge in [-0.3, -0.25) is 4.99 Å². The van der Waals surface area contributed by atoms with Gasteiger partial charge >= 0.3 is 0 Å². The normalized spacial score (nSPS) is 23.7. The van der Waals surface area contributed by atoms with Crippen LogP contribution in [0.4, 0.5) is 5.82 Å². The molecule has 19 heavy (non-hydrogen) atoms. The van der Waals surface area contributed by atoms with Crippen molar-refractivity contribution >= 4 is 34.3 Å². The standard InChI is InChI=1S/C13H17ClN4S/c1-10-8-16-13(19-10)18-6-4-17(5-7-18)12-3-2-11(14)9-15-12/h2-3,9-10H,4-8H2,1H3. The summed E-state index contributed by atoms with van der Waals surface area (Å²) in [5.74, 6) is 1.01. The summed E-state index contributed by atoms with van der Waals surface area (Å²) in [5.41, 5.74) is 0. The monoisotopic (exact) mass is 296 g/mol. The molecule has 0 amide bonds. The van der Waals surface area contributed by atoms with E-state index in [1.165, 1.54) is 5.17 Å². The maximum Gasteiger partial charge on any atom is 0.159 e. The average Bonchev–Trinajstić information content (AvgIpc) is 2.87. The van der Waals surface area contributed by atoms with Crippen molar-refractivity contribution in [2.45, 2.75) is 12.2 Å². The first-order valence-electron chi connectivity index (χ1n) is 6.55. The maximum atomic E-state index is 5.87. The summed E-state index contributed by atoms with van der Waals surface area (Å²) in [4.78, 5) is 13.7. The van der Waals surface area contributed by atoms with Crippen molar-refractivity contribution < 1.29 is 0 Å². The number of piperazine rings is 1. The van der Waals surface area contributed by atoms with Gasteiger partial charge in [0.25, 0.3) is 0 Å². The predicted octanol–water partition coefficient (Wildman–Crippen LogP) is 2.35. The highest BCUT2D eigenvalue weighted by Crippen LogP contribution is 2.24. The van der Waals surface area contributed by atoms with Crippen LogP contribution in [0.3, 0.4) is 0 Å². The van der Waals surface area contributed by atoms with Crippen LogP contribution in [0.15, 0.2) is 23.3 Å². The number of thioether (sulfide) groups is 1. The lowest BCUT2D eigenvalue weighted by Gasteiger charge is -2.36. The van der Waals surface area contributed by atoms with Crippen molar-refractivity contribution in [3.05, 3.63) is 23.4 Å². The number of hydrogen-bond acceptors (Lipinski definition) is 5. The molecule has 3 rings (SSSR count). The molecule has 1 fully saturated rings. The molecule has 0 saturated carbocycles. The van der Waals surface area contributed by atoms with Crippen molar-refractivity contribution in [2.24, 2.45) is 4.99 Å². The van der Waals surface area contributed by atoms with Gasteiger partial charge in [0.1, 0.15) is 5.82 Å². The Balaban J connectivity index is 1.59. The summed E-state index contributed by atoms with van der Waals surface area (Å²) in [7, 11) is 0. The molecular weight excluding hydrogens is 280 g/mol. The number of halogens is 1. The third-order valence-electron chi connectivity index (χ3n) is 3.38. The second kappa shape index (κ2) is 5.59. The number of aromatic nitrogens is 1. The molecule has 2 aliphatic rings. The molecule has 6 heteroatoms. The lowest BCUT2D eigenvalue weighted by Crippen LogP contribution is -2.48. The lowest BCUT2D eigenvalue weighted by molar-refractivity contribution is 0.391.